The number of methoxy groups -OCH3 is 1. The second-order valence-corrected chi connectivity index (χ2v) is 9.51. The number of ether oxygens (including phenoxy) is 2. The molecule has 2 aromatic rings. The molecule has 0 spiro atoms. The third kappa shape index (κ3) is 7.25. The second-order valence-electron chi connectivity index (χ2n) is 7.35. The van der Waals surface area contributed by atoms with E-state index in [-0.39, 0.29) is 17.2 Å². The van der Waals surface area contributed by atoms with Crippen LogP contribution in [0.5, 0.6) is 11.5 Å². The van der Waals surface area contributed by atoms with Crippen molar-refractivity contribution < 1.29 is 22.7 Å². The molecule has 0 aliphatic carbocycles. The van der Waals surface area contributed by atoms with Gasteiger partial charge in [-0.15, -0.1) is 0 Å². The highest BCUT2D eigenvalue weighted by Crippen LogP contribution is 2.25. The summed E-state index contributed by atoms with van der Waals surface area (Å²) in [6.45, 7) is 2.91. The van der Waals surface area contributed by atoms with E-state index in [4.69, 9.17) is 9.47 Å². The van der Waals surface area contributed by atoms with Crippen LogP contribution in [0, 0.1) is 0 Å². The summed E-state index contributed by atoms with van der Waals surface area (Å²) in [6, 6.07) is 12.7. The molecule has 7 nitrogen and oxygen atoms in total. The Morgan fingerprint density at radius 3 is 2.39 bits per heavy atom. The number of amides is 1. The number of aryl methyl sites for hydroxylation is 2. The molecule has 170 valence electrons. The molecule has 31 heavy (non-hydrogen) atoms. The van der Waals surface area contributed by atoms with Gasteiger partial charge in [0.2, 0.25) is 15.9 Å². The summed E-state index contributed by atoms with van der Waals surface area (Å²) in [5.41, 5.74) is 1.95. The van der Waals surface area contributed by atoms with Crippen molar-refractivity contribution in [3.05, 3.63) is 53.6 Å². The van der Waals surface area contributed by atoms with Gasteiger partial charge in [0.15, 0.2) is 0 Å². The first-order valence-corrected chi connectivity index (χ1v) is 11.8. The molecule has 2 rings (SSSR count). The third-order valence-corrected chi connectivity index (χ3v) is 6.62. The number of hydrogen-bond acceptors (Lipinski definition) is 5. The molecular weight excluding hydrogens is 416 g/mol. The van der Waals surface area contributed by atoms with Crippen LogP contribution < -0.4 is 14.8 Å². The van der Waals surface area contributed by atoms with Crippen LogP contribution in [0.15, 0.2) is 47.4 Å². The first kappa shape index (κ1) is 24.7. The number of sulfonamides is 1. The summed E-state index contributed by atoms with van der Waals surface area (Å²) in [6.07, 6.45) is 2.73. The number of hydrogen-bond donors (Lipinski definition) is 1. The van der Waals surface area contributed by atoms with Crippen LogP contribution in [-0.2, 0) is 27.7 Å². The maximum absolute atomic E-state index is 12.4. The van der Waals surface area contributed by atoms with Crippen LogP contribution in [0.3, 0.4) is 0 Å². The molecular formula is C23H32N2O5S. The van der Waals surface area contributed by atoms with Gasteiger partial charge >= 0.3 is 0 Å². The first-order valence-electron chi connectivity index (χ1n) is 10.4. The van der Waals surface area contributed by atoms with E-state index in [2.05, 4.69) is 24.4 Å². The summed E-state index contributed by atoms with van der Waals surface area (Å²) in [5, 5.41) is 2.82. The molecule has 0 aliphatic rings. The lowest BCUT2D eigenvalue weighted by Gasteiger charge is -2.14. The standard InChI is InChI=1S/C23H32N2O5S/c1-5-6-18-7-10-20(11-8-18)30-16-15-24-23(26)14-9-19-17-21(12-13-22(19)29-4)31(27,28)25(2)3/h7-8,10-13,17H,5-6,9,14-16H2,1-4H3,(H,24,26). The van der Waals surface area contributed by atoms with Crippen LogP contribution in [0.1, 0.15) is 30.9 Å². The molecule has 0 fully saturated rings. The average Bonchev–Trinajstić information content (AvgIpc) is 2.76. The Bertz CT molecular complexity index is 956. The first-order chi connectivity index (χ1) is 14.8. The lowest BCUT2D eigenvalue weighted by molar-refractivity contribution is -0.121. The van der Waals surface area contributed by atoms with Gasteiger partial charge < -0.3 is 14.8 Å². The zero-order valence-electron chi connectivity index (χ0n) is 18.7. The molecule has 0 saturated heterocycles. The quantitative estimate of drug-likeness (QED) is 0.505. The Kier molecular flexibility index (Phi) is 9.33. The Labute approximate surface area is 185 Å². The van der Waals surface area contributed by atoms with Crippen LogP contribution in [0.2, 0.25) is 0 Å². The molecule has 0 radical (unpaired) electrons. The number of rotatable bonds is 12. The van der Waals surface area contributed by atoms with Gasteiger partial charge in [0.1, 0.15) is 18.1 Å². The largest absolute Gasteiger partial charge is 0.496 e. The van der Waals surface area contributed by atoms with Crippen molar-refractivity contribution in [2.45, 2.75) is 37.5 Å². The number of nitrogens with zero attached hydrogens (tertiary/aromatic N) is 1. The van der Waals surface area contributed by atoms with E-state index in [0.717, 1.165) is 22.9 Å². The molecule has 1 amide bonds. The van der Waals surface area contributed by atoms with Gasteiger partial charge in [-0.25, -0.2) is 12.7 Å². The van der Waals surface area contributed by atoms with Gasteiger partial charge in [-0.05, 0) is 54.3 Å². The highest BCUT2D eigenvalue weighted by molar-refractivity contribution is 7.89. The molecule has 0 atom stereocenters. The third-order valence-electron chi connectivity index (χ3n) is 4.81. The minimum Gasteiger partial charge on any atom is -0.496 e. The topological polar surface area (TPSA) is 84.9 Å². The number of carbonyl (C=O) groups is 1. The summed E-state index contributed by atoms with van der Waals surface area (Å²) in [7, 11) is 0.928. The molecule has 0 aromatic heterocycles. The maximum Gasteiger partial charge on any atom is 0.242 e. The van der Waals surface area contributed by atoms with Crippen molar-refractivity contribution in [1.29, 1.82) is 0 Å². The normalized spacial score (nSPS) is 11.4. The van der Waals surface area contributed by atoms with Gasteiger partial charge in [0.05, 0.1) is 18.6 Å². The SMILES string of the molecule is CCCc1ccc(OCCNC(=O)CCc2cc(S(=O)(=O)N(C)C)ccc2OC)cc1. The van der Waals surface area contributed by atoms with Gasteiger partial charge in [0.25, 0.3) is 0 Å². The van der Waals surface area contributed by atoms with Crippen LogP contribution in [0.4, 0.5) is 0 Å². The van der Waals surface area contributed by atoms with Gasteiger partial charge in [-0.1, -0.05) is 25.5 Å². The summed E-state index contributed by atoms with van der Waals surface area (Å²) >= 11 is 0. The predicted molar refractivity (Wildman–Crippen MR) is 121 cm³/mol. The molecule has 1 N–H and O–H groups in total. The van der Waals surface area contributed by atoms with Crippen molar-refractivity contribution >= 4 is 15.9 Å². The highest BCUT2D eigenvalue weighted by atomic mass is 32.2. The van der Waals surface area contributed by atoms with Gasteiger partial charge in [-0.3, -0.25) is 4.79 Å². The van der Waals surface area contributed by atoms with Crippen LogP contribution >= 0.6 is 0 Å². The van der Waals surface area contributed by atoms with E-state index in [1.54, 1.807) is 12.1 Å². The van der Waals surface area contributed by atoms with E-state index in [0.29, 0.717) is 30.9 Å². The van der Waals surface area contributed by atoms with Crippen molar-refractivity contribution in [3.8, 4) is 11.5 Å². The minimum atomic E-state index is -3.55. The average molecular weight is 449 g/mol. The zero-order chi connectivity index (χ0) is 22.9. The molecule has 0 aliphatic heterocycles. The fourth-order valence-electron chi connectivity index (χ4n) is 3.06. The lowest BCUT2D eigenvalue weighted by atomic mass is 10.1. The fourth-order valence-corrected chi connectivity index (χ4v) is 4.01. The highest BCUT2D eigenvalue weighted by Gasteiger charge is 2.19. The van der Waals surface area contributed by atoms with E-state index < -0.39 is 10.0 Å². The Hall–Kier alpha value is -2.58. The van der Waals surface area contributed by atoms with E-state index in [9.17, 15) is 13.2 Å². The van der Waals surface area contributed by atoms with E-state index in [1.807, 2.05) is 12.1 Å². The minimum absolute atomic E-state index is 0.134. The predicted octanol–water partition coefficient (Wildman–Crippen LogP) is 3.03. The zero-order valence-corrected chi connectivity index (χ0v) is 19.5. The Morgan fingerprint density at radius 1 is 1.06 bits per heavy atom. The van der Waals surface area contributed by atoms with Crippen molar-refractivity contribution in [3.63, 3.8) is 0 Å². The van der Waals surface area contributed by atoms with E-state index in [1.165, 1.54) is 32.8 Å². The van der Waals surface area contributed by atoms with Crippen molar-refractivity contribution in [2.75, 3.05) is 34.4 Å². The van der Waals surface area contributed by atoms with Gasteiger partial charge in [-0.2, -0.15) is 0 Å². The van der Waals surface area contributed by atoms with Crippen molar-refractivity contribution in [1.82, 2.24) is 9.62 Å². The monoisotopic (exact) mass is 448 g/mol. The molecule has 8 heteroatoms. The number of carbonyl (C=O) groups excluding carboxylic acids is 1. The second kappa shape index (κ2) is 11.7. The summed E-state index contributed by atoms with van der Waals surface area (Å²) in [4.78, 5) is 12.4. The maximum atomic E-state index is 12.4. The molecule has 2 aromatic carbocycles. The summed E-state index contributed by atoms with van der Waals surface area (Å²) in [5.74, 6) is 1.20. The van der Waals surface area contributed by atoms with Crippen LogP contribution in [-0.4, -0.2) is 53.0 Å². The van der Waals surface area contributed by atoms with Crippen molar-refractivity contribution in [2.24, 2.45) is 0 Å². The molecule has 0 heterocycles. The van der Waals surface area contributed by atoms with E-state index >= 15 is 0 Å². The lowest BCUT2D eigenvalue weighted by Crippen LogP contribution is -2.28. The molecule has 0 saturated carbocycles. The Balaban J connectivity index is 1.84. The van der Waals surface area contributed by atoms with Crippen LogP contribution in [0.25, 0.3) is 0 Å². The number of benzene rings is 2. The summed E-state index contributed by atoms with van der Waals surface area (Å²) < 4.78 is 36.8. The fraction of sp³-hybridized carbons (Fsp3) is 0.435. The van der Waals surface area contributed by atoms with Gasteiger partial charge in [0, 0.05) is 20.5 Å². The number of nitrogens with one attached hydrogen (secondary N) is 1. The molecule has 0 unspecified atom stereocenters. The smallest absolute Gasteiger partial charge is 0.242 e. The molecule has 0 bridgehead atoms. The Morgan fingerprint density at radius 2 is 1.77 bits per heavy atom.